The van der Waals surface area contributed by atoms with Crippen LogP contribution in [0.15, 0.2) is 42.5 Å². The van der Waals surface area contributed by atoms with Crippen LogP contribution in [0.4, 0.5) is 5.69 Å². The van der Waals surface area contributed by atoms with Crippen LogP contribution < -0.4 is 10.2 Å². The van der Waals surface area contributed by atoms with Crippen molar-refractivity contribution in [3.05, 3.63) is 70.1 Å². The molecule has 0 saturated heterocycles. The summed E-state index contributed by atoms with van der Waals surface area (Å²) in [5, 5.41) is 7.65. The maximum absolute atomic E-state index is 12.6. The number of pyridine rings is 1. The maximum atomic E-state index is 12.6. The van der Waals surface area contributed by atoms with Gasteiger partial charge in [0.2, 0.25) is 0 Å². The minimum atomic E-state index is -0.277. The van der Waals surface area contributed by atoms with Crippen molar-refractivity contribution in [3.63, 3.8) is 0 Å². The second-order valence-corrected chi connectivity index (χ2v) is 7.67. The van der Waals surface area contributed by atoms with Gasteiger partial charge in [-0.3, -0.25) is 4.79 Å². The van der Waals surface area contributed by atoms with Crippen molar-refractivity contribution in [1.29, 1.82) is 0 Å². The minimum absolute atomic E-state index is 0.215. The Morgan fingerprint density at radius 2 is 1.86 bits per heavy atom. The number of carbonyl (C=O) groups is 1. The number of hydrogen-bond acceptors (Lipinski definition) is 4. The number of anilines is 1. The smallest absolute Gasteiger partial charge is 0.271 e. The third-order valence-corrected chi connectivity index (χ3v) is 4.96. The topological polar surface area (TPSA) is 63.1 Å². The third-order valence-electron chi connectivity index (χ3n) is 4.65. The lowest BCUT2D eigenvalue weighted by molar-refractivity contribution is 0.0948. The van der Waals surface area contributed by atoms with E-state index in [2.05, 4.69) is 44.6 Å². The van der Waals surface area contributed by atoms with Gasteiger partial charge in [-0.15, -0.1) is 0 Å². The Morgan fingerprint density at radius 3 is 2.48 bits per heavy atom. The lowest BCUT2D eigenvalue weighted by atomic mass is 10.1. The van der Waals surface area contributed by atoms with E-state index in [1.54, 1.807) is 16.8 Å². The molecular weight excluding hydrogens is 386 g/mol. The van der Waals surface area contributed by atoms with Gasteiger partial charge in [-0.1, -0.05) is 23.7 Å². The number of nitrogens with zero attached hydrogens (tertiary/aromatic N) is 4. The molecule has 1 amide bonds. The van der Waals surface area contributed by atoms with E-state index in [9.17, 15) is 4.79 Å². The highest BCUT2D eigenvalue weighted by atomic mass is 35.5. The van der Waals surface area contributed by atoms with Crippen LogP contribution in [0.5, 0.6) is 0 Å². The first kappa shape index (κ1) is 20.9. The lowest BCUT2D eigenvalue weighted by Gasteiger charge is -2.12. The Morgan fingerprint density at radius 1 is 1.14 bits per heavy atom. The quantitative estimate of drug-likeness (QED) is 0.597. The van der Waals surface area contributed by atoms with E-state index in [0.29, 0.717) is 17.4 Å². The number of rotatable bonds is 7. The Hall–Kier alpha value is -2.86. The molecule has 0 radical (unpaired) electrons. The van der Waals surface area contributed by atoms with Crippen molar-refractivity contribution in [2.45, 2.75) is 26.7 Å². The summed E-state index contributed by atoms with van der Waals surface area (Å²) in [6.45, 7) is 4.42. The molecule has 0 spiro atoms. The number of nitrogens with one attached hydrogen (secondary N) is 1. The predicted molar refractivity (Wildman–Crippen MR) is 117 cm³/mol. The molecule has 0 bridgehead atoms. The Labute approximate surface area is 176 Å². The molecule has 0 saturated carbocycles. The summed E-state index contributed by atoms with van der Waals surface area (Å²) >= 11 is 6.22. The molecule has 3 aromatic rings. The van der Waals surface area contributed by atoms with Gasteiger partial charge in [0, 0.05) is 32.0 Å². The first-order valence-corrected chi connectivity index (χ1v) is 9.97. The minimum Gasteiger partial charge on any atom is -0.378 e. The van der Waals surface area contributed by atoms with Crippen LogP contribution in [0, 0.1) is 13.8 Å². The number of aromatic nitrogens is 3. The van der Waals surface area contributed by atoms with Crippen LogP contribution in [0.1, 0.15) is 33.9 Å². The van der Waals surface area contributed by atoms with Gasteiger partial charge in [0.1, 0.15) is 5.69 Å². The Kier molecular flexibility index (Phi) is 6.54. The fourth-order valence-electron chi connectivity index (χ4n) is 3.11. The zero-order valence-corrected chi connectivity index (χ0v) is 18.0. The van der Waals surface area contributed by atoms with Crippen molar-refractivity contribution in [2.24, 2.45) is 0 Å². The number of aryl methyl sites for hydroxylation is 3. The molecular formula is C22H26ClN5O. The van der Waals surface area contributed by atoms with Crippen molar-refractivity contribution in [2.75, 3.05) is 25.5 Å². The molecule has 2 heterocycles. The Bertz CT molecular complexity index is 995. The van der Waals surface area contributed by atoms with E-state index in [-0.39, 0.29) is 11.6 Å². The van der Waals surface area contributed by atoms with Crippen molar-refractivity contribution in [3.8, 4) is 5.82 Å². The fourth-order valence-corrected chi connectivity index (χ4v) is 3.30. The molecule has 0 aliphatic heterocycles. The number of carbonyl (C=O) groups excluding carboxylic acids is 1. The number of amides is 1. The van der Waals surface area contributed by atoms with Crippen LogP contribution in [0.3, 0.4) is 0 Å². The van der Waals surface area contributed by atoms with Gasteiger partial charge >= 0.3 is 0 Å². The molecule has 29 heavy (non-hydrogen) atoms. The Balaban J connectivity index is 1.59. The molecule has 6 nitrogen and oxygen atoms in total. The average Bonchev–Trinajstić information content (AvgIpc) is 3.04. The normalized spacial score (nSPS) is 10.8. The lowest BCUT2D eigenvalue weighted by Crippen LogP contribution is -2.26. The molecule has 3 rings (SSSR count). The molecule has 0 atom stereocenters. The van der Waals surface area contributed by atoms with Gasteiger partial charge in [-0.2, -0.15) is 5.10 Å². The summed E-state index contributed by atoms with van der Waals surface area (Å²) in [4.78, 5) is 19.1. The standard InChI is InChI=1S/C22H26ClN5O/c1-15-14-16(2)28(26-15)20-12-11-19(23)21(25-20)22(29)24-13-5-6-17-7-9-18(10-8-17)27(3)4/h7-12,14H,5-6,13H2,1-4H3,(H,24,29). The second kappa shape index (κ2) is 9.09. The summed E-state index contributed by atoms with van der Waals surface area (Å²) in [7, 11) is 4.04. The molecule has 0 aliphatic carbocycles. The van der Waals surface area contributed by atoms with Gasteiger partial charge in [-0.25, -0.2) is 9.67 Å². The van der Waals surface area contributed by atoms with Crippen LogP contribution in [-0.4, -0.2) is 41.3 Å². The SMILES string of the molecule is Cc1cc(C)n(-c2ccc(Cl)c(C(=O)NCCCc3ccc(N(C)C)cc3)n2)n1. The van der Waals surface area contributed by atoms with E-state index in [4.69, 9.17) is 11.6 Å². The van der Waals surface area contributed by atoms with Gasteiger partial charge in [0.05, 0.1) is 10.7 Å². The van der Waals surface area contributed by atoms with Crippen molar-refractivity contribution < 1.29 is 4.79 Å². The highest BCUT2D eigenvalue weighted by molar-refractivity contribution is 6.33. The number of halogens is 1. The van der Waals surface area contributed by atoms with Crippen LogP contribution in [-0.2, 0) is 6.42 Å². The molecule has 152 valence electrons. The third kappa shape index (κ3) is 5.15. The van der Waals surface area contributed by atoms with Crippen molar-refractivity contribution in [1.82, 2.24) is 20.1 Å². The highest BCUT2D eigenvalue weighted by Gasteiger charge is 2.15. The first-order chi connectivity index (χ1) is 13.8. The van der Waals surface area contributed by atoms with Crippen LogP contribution >= 0.6 is 11.6 Å². The summed E-state index contributed by atoms with van der Waals surface area (Å²) in [6, 6.07) is 13.8. The van der Waals surface area contributed by atoms with E-state index in [0.717, 1.165) is 24.2 Å². The number of benzene rings is 1. The zero-order chi connectivity index (χ0) is 21.0. The van der Waals surface area contributed by atoms with E-state index >= 15 is 0 Å². The molecule has 0 aliphatic rings. The van der Waals surface area contributed by atoms with E-state index in [1.165, 1.54) is 11.3 Å². The molecule has 0 unspecified atom stereocenters. The predicted octanol–water partition coefficient (Wildman–Crippen LogP) is 3.97. The van der Waals surface area contributed by atoms with Crippen molar-refractivity contribution >= 4 is 23.2 Å². The fraction of sp³-hybridized carbons (Fsp3) is 0.318. The summed E-state index contributed by atoms with van der Waals surface area (Å²) in [5.74, 6) is 0.299. The van der Waals surface area contributed by atoms with E-state index in [1.807, 2.05) is 34.0 Å². The zero-order valence-electron chi connectivity index (χ0n) is 17.2. The molecule has 1 N–H and O–H groups in total. The van der Waals surface area contributed by atoms with Crippen LogP contribution in [0.2, 0.25) is 5.02 Å². The summed E-state index contributed by atoms with van der Waals surface area (Å²) < 4.78 is 1.71. The first-order valence-electron chi connectivity index (χ1n) is 9.60. The summed E-state index contributed by atoms with van der Waals surface area (Å²) in [6.07, 6.45) is 1.72. The summed E-state index contributed by atoms with van der Waals surface area (Å²) in [5.41, 5.74) is 4.47. The molecule has 0 fully saturated rings. The van der Waals surface area contributed by atoms with Crippen LogP contribution in [0.25, 0.3) is 5.82 Å². The van der Waals surface area contributed by atoms with Gasteiger partial charge in [0.25, 0.3) is 5.91 Å². The van der Waals surface area contributed by atoms with Gasteiger partial charge in [-0.05, 0) is 62.6 Å². The number of hydrogen-bond donors (Lipinski definition) is 1. The molecule has 2 aromatic heterocycles. The average molecular weight is 412 g/mol. The molecule has 1 aromatic carbocycles. The maximum Gasteiger partial charge on any atom is 0.271 e. The van der Waals surface area contributed by atoms with Gasteiger partial charge in [0.15, 0.2) is 5.82 Å². The van der Waals surface area contributed by atoms with E-state index < -0.39 is 0 Å². The largest absolute Gasteiger partial charge is 0.378 e. The van der Waals surface area contributed by atoms with Gasteiger partial charge < -0.3 is 10.2 Å². The highest BCUT2D eigenvalue weighted by Crippen LogP contribution is 2.18. The molecule has 7 heteroatoms. The second-order valence-electron chi connectivity index (χ2n) is 7.26. The monoisotopic (exact) mass is 411 g/mol.